The Labute approximate surface area is 216 Å². The first-order valence-corrected chi connectivity index (χ1v) is 11.5. The third-order valence-corrected chi connectivity index (χ3v) is 5.50. The zero-order valence-electron chi connectivity index (χ0n) is 19.7. The molecule has 0 atom stereocenters. The molecule has 0 aromatic heterocycles. The van der Waals surface area contributed by atoms with Crippen LogP contribution in [0.3, 0.4) is 0 Å². The smallest absolute Gasteiger partial charge is 0.343 e. The van der Waals surface area contributed by atoms with E-state index in [0.717, 1.165) is 4.90 Å². The van der Waals surface area contributed by atoms with Gasteiger partial charge in [0.05, 0.1) is 22.9 Å². The van der Waals surface area contributed by atoms with Gasteiger partial charge < -0.3 is 14.8 Å². The first-order valence-electron chi connectivity index (χ1n) is 11.1. The van der Waals surface area contributed by atoms with E-state index in [9.17, 15) is 23.6 Å². The second-order valence-corrected chi connectivity index (χ2v) is 8.56. The molecule has 8 nitrogen and oxygen atoms in total. The Hall–Kier alpha value is -4.50. The lowest BCUT2D eigenvalue weighted by atomic mass is 10.2. The second-order valence-electron chi connectivity index (χ2n) is 8.18. The van der Waals surface area contributed by atoms with Crippen molar-refractivity contribution in [3.8, 4) is 5.75 Å². The summed E-state index contributed by atoms with van der Waals surface area (Å²) in [5.74, 6) is -2.87. The van der Waals surface area contributed by atoms with Crippen LogP contribution in [0.2, 0.25) is 0 Å². The summed E-state index contributed by atoms with van der Waals surface area (Å²) >= 11 is 6.17. The molecule has 0 saturated carbocycles. The molecule has 2 amide bonds. The summed E-state index contributed by atoms with van der Waals surface area (Å²) in [6.45, 7) is 3.45. The fourth-order valence-corrected chi connectivity index (χ4v) is 3.59. The van der Waals surface area contributed by atoms with Crippen LogP contribution in [0.5, 0.6) is 5.75 Å². The van der Waals surface area contributed by atoms with Crippen molar-refractivity contribution in [3.05, 3.63) is 100 Å². The largest absolute Gasteiger partial charge is 0.459 e. The van der Waals surface area contributed by atoms with Gasteiger partial charge in [0.2, 0.25) is 0 Å². The maximum absolute atomic E-state index is 13.0. The van der Waals surface area contributed by atoms with Crippen LogP contribution in [0.4, 0.5) is 15.8 Å². The Morgan fingerprint density at radius 1 is 0.838 bits per heavy atom. The number of benzene rings is 3. The highest BCUT2D eigenvalue weighted by Gasteiger charge is 2.39. The van der Waals surface area contributed by atoms with Gasteiger partial charge in [0.15, 0.2) is 0 Å². The summed E-state index contributed by atoms with van der Waals surface area (Å²) in [5, 5.41) is 2.50. The Balaban J connectivity index is 1.44. The normalized spacial score (nSPS) is 13.3. The number of ether oxygens (including phenoxy) is 2. The van der Waals surface area contributed by atoms with E-state index in [1.807, 2.05) is 0 Å². The Bertz CT molecular complexity index is 1400. The topological polar surface area (TPSA) is 102 Å². The van der Waals surface area contributed by atoms with Crippen LogP contribution < -0.4 is 15.0 Å². The third-order valence-electron chi connectivity index (χ3n) is 5.15. The van der Waals surface area contributed by atoms with E-state index in [1.54, 1.807) is 13.8 Å². The molecule has 3 aromatic carbocycles. The van der Waals surface area contributed by atoms with E-state index < -0.39 is 29.6 Å². The summed E-state index contributed by atoms with van der Waals surface area (Å²) in [6, 6.07) is 16.7. The van der Waals surface area contributed by atoms with Crippen molar-refractivity contribution in [2.24, 2.45) is 0 Å². The lowest BCUT2D eigenvalue weighted by Gasteiger charge is -2.16. The number of halogens is 2. The number of amides is 2. The second kappa shape index (κ2) is 10.6. The molecule has 0 radical (unpaired) electrons. The minimum Gasteiger partial charge on any atom is -0.459 e. The van der Waals surface area contributed by atoms with E-state index in [4.69, 9.17) is 21.1 Å². The highest BCUT2D eigenvalue weighted by Crippen LogP contribution is 2.30. The number of rotatable bonds is 7. The fourth-order valence-electron chi connectivity index (χ4n) is 3.38. The molecule has 0 unspecified atom stereocenters. The maximum Gasteiger partial charge on any atom is 0.343 e. The number of carbonyl (C=O) groups is 4. The van der Waals surface area contributed by atoms with Crippen LogP contribution in [0.15, 0.2) is 83.5 Å². The maximum atomic E-state index is 13.0. The average molecular weight is 523 g/mol. The molecule has 4 rings (SSSR count). The molecule has 188 valence electrons. The van der Waals surface area contributed by atoms with Gasteiger partial charge in [0.25, 0.3) is 11.8 Å². The predicted molar refractivity (Wildman–Crippen MR) is 134 cm³/mol. The van der Waals surface area contributed by atoms with Crippen molar-refractivity contribution in [2.75, 3.05) is 10.2 Å². The number of nitrogens with one attached hydrogen (secondary N) is 1. The van der Waals surface area contributed by atoms with Crippen molar-refractivity contribution in [3.63, 3.8) is 0 Å². The molecule has 1 heterocycles. The van der Waals surface area contributed by atoms with E-state index in [1.165, 1.54) is 72.8 Å². The fraction of sp³-hybridized carbons (Fsp3) is 0.111. The molecule has 3 aromatic rings. The van der Waals surface area contributed by atoms with Crippen molar-refractivity contribution in [1.82, 2.24) is 0 Å². The van der Waals surface area contributed by atoms with Gasteiger partial charge in [-0.2, -0.15) is 0 Å². The van der Waals surface area contributed by atoms with Gasteiger partial charge in [-0.15, -0.1) is 0 Å². The molecule has 0 saturated heterocycles. The number of imide groups is 1. The van der Waals surface area contributed by atoms with E-state index >= 15 is 0 Å². The van der Waals surface area contributed by atoms with Gasteiger partial charge in [-0.05, 0) is 86.6 Å². The Morgan fingerprint density at radius 2 is 1.41 bits per heavy atom. The summed E-state index contributed by atoms with van der Waals surface area (Å²) in [6.07, 6.45) is -0.292. The summed E-state index contributed by atoms with van der Waals surface area (Å²) in [4.78, 5) is 51.0. The standard InChI is InChI=1S/C27H20ClFN2O6/c1-15(2)36-26(34)17-5-11-20(12-6-17)31-24(32)22(28)23(25(31)33)30-19-9-3-16(4-10-19)27(35)37-21-13-7-18(29)8-14-21/h3-15,30H,1-2H3. The molecule has 1 N–H and O–H groups in total. The van der Waals surface area contributed by atoms with Crippen molar-refractivity contribution >= 4 is 46.7 Å². The molecule has 1 aliphatic rings. The highest BCUT2D eigenvalue weighted by atomic mass is 35.5. The van der Waals surface area contributed by atoms with E-state index in [0.29, 0.717) is 5.69 Å². The molecule has 0 fully saturated rings. The monoisotopic (exact) mass is 522 g/mol. The van der Waals surface area contributed by atoms with Crippen LogP contribution in [-0.2, 0) is 14.3 Å². The molecule has 0 bridgehead atoms. The lowest BCUT2D eigenvalue weighted by Crippen LogP contribution is -2.32. The zero-order chi connectivity index (χ0) is 26.7. The van der Waals surface area contributed by atoms with Gasteiger partial charge >= 0.3 is 11.9 Å². The van der Waals surface area contributed by atoms with Crippen molar-refractivity contribution in [1.29, 1.82) is 0 Å². The Kier molecular flexibility index (Phi) is 7.35. The van der Waals surface area contributed by atoms with Crippen molar-refractivity contribution in [2.45, 2.75) is 20.0 Å². The quantitative estimate of drug-likeness (QED) is 0.263. The lowest BCUT2D eigenvalue weighted by molar-refractivity contribution is -0.120. The number of nitrogens with zero attached hydrogens (tertiary/aromatic N) is 1. The van der Waals surface area contributed by atoms with Crippen molar-refractivity contribution < 1.29 is 33.0 Å². The number of esters is 2. The minimum absolute atomic E-state index is 0.142. The van der Waals surface area contributed by atoms with Gasteiger partial charge in [0, 0.05) is 5.69 Å². The first-order chi connectivity index (χ1) is 17.6. The van der Waals surface area contributed by atoms with Gasteiger partial charge in [-0.1, -0.05) is 11.6 Å². The SMILES string of the molecule is CC(C)OC(=O)c1ccc(N2C(=O)C(Cl)=C(Nc3ccc(C(=O)Oc4ccc(F)cc4)cc3)C2=O)cc1. The van der Waals surface area contributed by atoms with Gasteiger partial charge in [-0.3, -0.25) is 9.59 Å². The van der Waals surface area contributed by atoms with Crippen LogP contribution in [0.1, 0.15) is 34.6 Å². The first kappa shape index (κ1) is 25.6. The van der Waals surface area contributed by atoms with Crippen LogP contribution in [0.25, 0.3) is 0 Å². The number of hydrogen-bond acceptors (Lipinski definition) is 7. The van der Waals surface area contributed by atoms with Gasteiger partial charge in [-0.25, -0.2) is 18.9 Å². The molecular formula is C27H20ClFN2O6. The molecule has 0 aliphatic carbocycles. The third kappa shape index (κ3) is 5.68. The summed E-state index contributed by atoms with van der Waals surface area (Å²) in [5.41, 5.74) is 0.955. The van der Waals surface area contributed by atoms with E-state index in [2.05, 4.69) is 5.32 Å². The summed E-state index contributed by atoms with van der Waals surface area (Å²) in [7, 11) is 0. The van der Waals surface area contributed by atoms with Gasteiger partial charge in [0.1, 0.15) is 22.3 Å². The number of anilines is 2. The molecule has 37 heavy (non-hydrogen) atoms. The number of carbonyl (C=O) groups excluding carboxylic acids is 4. The highest BCUT2D eigenvalue weighted by molar-refractivity contribution is 6.53. The minimum atomic E-state index is -0.730. The van der Waals surface area contributed by atoms with Crippen LogP contribution in [0, 0.1) is 5.82 Å². The molecule has 0 spiro atoms. The number of hydrogen-bond donors (Lipinski definition) is 1. The van der Waals surface area contributed by atoms with Crippen LogP contribution in [-0.4, -0.2) is 29.9 Å². The summed E-state index contributed by atoms with van der Waals surface area (Å²) < 4.78 is 23.3. The molecular weight excluding hydrogens is 503 g/mol. The molecule has 10 heteroatoms. The predicted octanol–water partition coefficient (Wildman–Crippen LogP) is 5.05. The van der Waals surface area contributed by atoms with Crippen LogP contribution >= 0.6 is 11.6 Å². The average Bonchev–Trinajstić information content (AvgIpc) is 3.08. The zero-order valence-corrected chi connectivity index (χ0v) is 20.4. The molecule has 1 aliphatic heterocycles. The Morgan fingerprint density at radius 3 is 2.00 bits per heavy atom. The van der Waals surface area contributed by atoms with E-state index in [-0.39, 0.29) is 39.4 Å².